The first-order valence-corrected chi connectivity index (χ1v) is 8.61. The molecule has 3 N–H and O–H groups in total. The van der Waals surface area contributed by atoms with Crippen LogP contribution in [0.4, 0.5) is 4.79 Å². The SMILES string of the molecule is CC(C)C(NC(=O)NCCCOc1ccc(C(C)(C)C)cc1)C(=O)O. The summed E-state index contributed by atoms with van der Waals surface area (Å²) in [5, 5.41) is 14.1. The summed E-state index contributed by atoms with van der Waals surface area (Å²) in [6.07, 6.45) is 0.633. The van der Waals surface area contributed by atoms with Gasteiger partial charge in [-0.3, -0.25) is 0 Å². The van der Waals surface area contributed by atoms with Gasteiger partial charge in [0.15, 0.2) is 0 Å². The van der Waals surface area contributed by atoms with Crippen molar-refractivity contribution in [2.45, 2.75) is 52.5 Å². The maximum atomic E-state index is 11.7. The molecule has 0 saturated carbocycles. The van der Waals surface area contributed by atoms with Gasteiger partial charge < -0.3 is 20.5 Å². The first kappa shape index (κ1) is 20.8. The van der Waals surface area contributed by atoms with Gasteiger partial charge in [0.25, 0.3) is 0 Å². The van der Waals surface area contributed by atoms with E-state index in [0.717, 1.165) is 5.75 Å². The van der Waals surface area contributed by atoms with E-state index in [1.807, 2.05) is 12.1 Å². The van der Waals surface area contributed by atoms with Gasteiger partial charge in [0.2, 0.25) is 0 Å². The summed E-state index contributed by atoms with van der Waals surface area (Å²) in [5.74, 6) is -0.418. The summed E-state index contributed by atoms with van der Waals surface area (Å²) in [6.45, 7) is 10.9. The summed E-state index contributed by atoms with van der Waals surface area (Å²) in [7, 11) is 0. The molecule has 0 aliphatic rings. The predicted molar refractivity (Wildman–Crippen MR) is 98.1 cm³/mol. The van der Waals surface area contributed by atoms with Gasteiger partial charge in [-0.05, 0) is 35.4 Å². The molecule has 0 bridgehead atoms. The van der Waals surface area contributed by atoms with Crippen LogP contribution < -0.4 is 15.4 Å². The largest absolute Gasteiger partial charge is 0.494 e. The molecule has 0 fully saturated rings. The number of ether oxygens (including phenoxy) is 1. The van der Waals surface area contributed by atoms with Crippen LogP contribution in [0.3, 0.4) is 0 Å². The third-order valence-corrected chi connectivity index (χ3v) is 3.82. The quantitative estimate of drug-likeness (QED) is 0.629. The van der Waals surface area contributed by atoms with E-state index in [9.17, 15) is 9.59 Å². The van der Waals surface area contributed by atoms with Gasteiger partial charge in [-0.1, -0.05) is 46.8 Å². The normalized spacial score (nSPS) is 12.6. The molecule has 6 nitrogen and oxygen atoms in total. The van der Waals surface area contributed by atoms with Gasteiger partial charge in [0.1, 0.15) is 11.8 Å². The summed E-state index contributed by atoms with van der Waals surface area (Å²) >= 11 is 0. The second kappa shape index (κ2) is 9.30. The van der Waals surface area contributed by atoms with Crippen molar-refractivity contribution in [3.8, 4) is 5.75 Å². The van der Waals surface area contributed by atoms with Crippen molar-refractivity contribution in [3.05, 3.63) is 29.8 Å². The molecule has 0 aromatic heterocycles. The average molecular weight is 350 g/mol. The van der Waals surface area contributed by atoms with Crippen LogP contribution in [0.1, 0.15) is 46.6 Å². The monoisotopic (exact) mass is 350 g/mol. The molecular formula is C19H30N2O4. The Hall–Kier alpha value is -2.24. The van der Waals surface area contributed by atoms with Gasteiger partial charge in [0, 0.05) is 6.54 Å². The lowest BCUT2D eigenvalue weighted by Gasteiger charge is -2.19. The van der Waals surface area contributed by atoms with Crippen LogP contribution in [0, 0.1) is 5.92 Å². The van der Waals surface area contributed by atoms with Gasteiger partial charge in [-0.2, -0.15) is 0 Å². The van der Waals surface area contributed by atoms with E-state index in [1.54, 1.807) is 13.8 Å². The highest BCUT2D eigenvalue weighted by Gasteiger charge is 2.23. The van der Waals surface area contributed by atoms with Gasteiger partial charge in [-0.15, -0.1) is 0 Å². The van der Waals surface area contributed by atoms with Gasteiger partial charge >= 0.3 is 12.0 Å². The van der Waals surface area contributed by atoms with E-state index in [4.69, 9.17) is 9.84 Å². The molecule has 1 atom stereocenters. The maximum Gasteiger partial charge on any atom is 0.326 e. The zero-order valence-corrected chi connectivity index (χ0v) is 15.8. The van der Waals surface area contributed by atoms with Crippen molar-refractivity contribution >= 4 is 12.0 Å². The van der Waals surface area contributed by atoms with Crippen molar-refractivity contribution < 1.29 is 19.4 Å². The van der Waals surface area contributed by atoms with Gasteiger partial charge in [0.05, 0.1) is 6.61 Å². The highest BCUT2D eigenvalue weighted by atomic mass is 16.5. The highest BCUT2D eigenvalue weighted by molar-refractivity contribution is 5.82. The molecule has 0 heterocycles. The van der Waals surface area contributed by atoms with Crippen LogP contribution in [-0.2, 0) is 10.2 Å². The molecule has 25 heavy (non-hydrogen) atoms. The Morgan fingerprint density at radius 1 is 1.16 bits per heavy atom. The fourth-order valence-corrected chi connectivity index (χ4v) is 2.22. The minimum absolute atomic E-state index is 0.111. The summed E-state index contributed by atoms with van der Waals surface area (Å²) < 4.78 is 5.65. The summed E-state index contributed by atoms with van der Waals surface area (Å²) in [6, 6.07) is 6.63. The Kier molecular flexibility index (Phi) is 7.74. The van der Waals surface area contributed by atoms with E-state index in [2.05, 4.69) is 43.5 Å². The molecule has 2 amide bonds. The van der Waals surface area contributed by atoms with Crippen molar-refractivity contribution in [2.75, 3.05) is 13.2 Å². The smallest absolute Gasteiger partial charge is 0.326 e. The molecule has 0 radical (unpaired) electrons. The number of hydrogen-bond acceptors (Lipinski definition) is 3. The van der Waals surface area contributed by atoms with Gasteiger partial charge in [-0.25, -0.2) is 9.59 Å². The van der Waals surface area contributed by atoms with Crippen LogP contribution in [0.5, 0.6) is 5.75 Å². The van der Waals surface area contributed by atoms with E-state index >= 15 is 0 Å². The predicted octanol–water partition coefficient (Wildman–Crippen LogP) is 3.16. The molecule has 0 aliphatic heterocycles. The second-order valence-electron chi connectivity index (χ2n) is 7.44. The maximum absolute atomic E-state index is 11.7. The van der Waals surface area contributed by atoms with Crippen LogP contribution >= 0.6 is 0 Å². The van der Waals surface area contributed by atoms with Crippen LogP contribution in [-0.4, -0.2) is 36.3 Å². The Bertz CT molecular complexity index is 562. The number of carboxylic acid groups (broad SMARTS) is 1. The van der Waals surface area contributed by atoms with E-state index in [0.29, 0.717) is 19.6 Å². The molecule has 6 heteroatoms. The molecule has 1 rings (SSSR count). The fourth-order valence-electron chi connectivity index (χ4n) is 2.22. The number of carbonyl (C=O) groups is 2. The lowest BCUT2D eigenvalue weighted by Crippen LogP contribution is -2.48. The first-order chi connectivity index (χ1) is 11.6. The third kappa shape index (κ3) is 7.45. The standard InChI is InChI=1S/C19H30N2O4/c1-13(2)16(17(22)23)21-18(24)20-11-6-12-25-15-9-7-14(8-10-15)19(3,4)5/h7-10,13,16H,6,11-12H2,1-5H3,(H,22,23)(H2,20,21,24). The Morgan fingerprint density at radius 2 is 1.76 bits per heavy atom. The van der Waals surface area contributed by atoms with Crippen LogP contribution in [0.25, 0.3) is 0 Å². The van der Waals surface area contributed by atoms with E-state index < -0.39 is 18.0 Å². The zero-order chi connectivity index (χ0) is 19.0. The number of nitrogens with one attached hydrogen (secondary N) is 2. The lowest BCUT2D eigenvalue weighted by atomic mass is 9.87. The topological polar surface area (TPSA) is 87.7 Å². The second-order valence-corrected chi connectivity index (χ2v) is 7.44. The van der Waals surface area contributed by atoms with Crippen molar-refractivity contribution in [3.63, 3.8) is 0 Å². The molecule has 140 valence electrons. The molecule has 1 aromatic rings. The Morgan fingerprint density at radius 3 is 2.24 bits per heavy atom. The Labute approximate surface area is 150 Å². The number of hydrogen-bond donors (Lipinski definition) is 3. The number of aliphatic carboxylic acids is 1. The van der Waals surface area contributed by atoms with Crippen LogP contribution in [0.2, 0.25) is 0 Å². The van der Waals surface area contributed by atoms with Crippen molar-refractivity contribution in [1.82, 2.24) is 10.6 Å². The number of amides is 2. The summed E-state index contributed by atoms with van der Waals surface area (Å²) in [5.41, 5.74) is 1.36. The average Bonchev–Trinajstić information content (AvgIpc) is 2.51. The third-order valence-electron chi connectivity index (χ3n) is 3.82. The number of benzene rings is 1. The first-order valence-electron chi connectivity index (χ1n) is 8.61. The number of carboxylic acids is 1. The lowest BCUT2D eigenvalue weighted by molar-refractivity contribution is -0.140. The van der Waals surface area contributed by atoms with Crippen molar-refractivity contribution in [1.29, 1.82) is 0 Å². The zero-order valence-electron chi connectivity index (χ0n) is 15.8. The molecule has 1 aromatic carbocycles. The highest BCUT2D eigenvalue weighted by Crippen LogP contribution is 2.24. The minimum atomic E-state index is -1.04. The molecule has 1 unspecified atom stereocenters. The molecular weight excluding hydrogens is 320 g/mol. The van der Waals surface area contributed by atoms with E-state index in [1.165, 1.54) is 5.56 Å². The number of urea groups is 1. The molecule has 0 spiro atoms. The number of rotatable bonds is 8. The Balaban J connectivity index is 2.27. The molecule has 0 aliphatic carbocycles. The van der Waals surface area contributed by atoms with E-state index in [-0.39, 0.29) is 11.3 Å². The summed E-state index contributed by atoms with van der Waals surface area (Å²) in [4.78, 5) is 22.7. The van der Waals surface area contributed by atoms with Crippen molar-refractivity contribution in [2.24, 2.45) is 5.92 Å². The van der Waals surface area contributed by atoms with Crippen LogP contribution in [0.15, 0.2) is 24.3 Å². The minimum Gasteiger partial charge on any atom is -0.494 e. The fraction of sp³-hybridized carbons (Fsp3) is 0.579. The molecule has 0 saturated heterocycles. The number of carbonyl (C=O) groups excluding carboxylic acids is 1.